The number of aliphatic hydroxyl groups is 1. The second kappa shape index (κ2) is 8.40. The lowest BCUT2D eigenvalue weighted by molar-refractivity contribution is -0.147. The Bertz CT molecular complexity index is 895. The number of nitrogens with zero attached hydrogens (tertiary/aromatic N) is 1. The van der Waals surface area contributed by atoms with Crippen LogP contribution in [-0.4, -0.2) is 35.5 Å². The zero-order chi connectivity index (χ0) is 21.4. The Hall–Kier alpha value is -2.17. The van der Waals surface area contributed by atoms with Crippen LogP contribution in [-0.2, 0) is 16.9 Å². The molecule has 4 heteroatoms. The fraction of sp³-hybridized carbons (Fsp3) is 0.519. The summed E-state index contributed by atoms with van der Waals surface area (Å²) in [5, 5.41) is 14.7. The molecule has 164 valence electrons. The molecular formula is C27H34N2O2. The molecule has 5 rings (SSSR count). The monoisotopic (exact) mass is 418 g/mol. The van der Waals surface area contributed by atoms with Crippen LogP contribution in [0, 0.1) is 30.6 Å². The van der Waals surface area contributed by atoms with Gasteiger partial charge in [-0.3, -0.25) is 9.69 Å². The zero-order valence-electron chi connectivity index (χ0n) is 18.5. The van der Waals surface area contributed by atoms with Crippen LogP contribution < -0.4 is 5.32 Å². The van der Waals surface area contributed by atoms with E-state index in [1.54, 1.807) is 0 Å². The van der Waals surface area contributed by atoms with E-state index < -0.39 is 5.60 Å². The van der Waals surface area contributed by atoms with Gasteiger partial charge in [0.1, 0.15) is 0 Å². The fourth-order valence-corrected chi connectivity index (χ4v) is 6.05. The van der Waals surface area contributed by atoms with Crippen molar-refractivity contribution in [3.05, 3.63) is 71.3 Å². The summed E-state index contributed by atoms with van der Waals surface area (Å²) in [5.74, 6) is 1.73. The van der Waals surface area contributed by atoms with Crippen molar-refractivity contribution in [3.8, 4) is 0 Å². The minimum Gasteiger partial charge on any atom is -0.375 e. The Morgan fingerprint density at radius 2 is 1.68 bits per heavy atom. The number of amides is 1. The second-order valence-electron chi connectivity index (χ2n) is 10.00. The summed E-state index contributed by atoms with van der Waals surface area (Å²) in [4.78, 5) is 15.8. The van der Waals surface area contributed by atoms with Crippen LogP contribution in [0.3, 0.4) is 0 Å². The van der Waals surface area contributed by atoms with Crippen molar-refractivity contribution < 1.29 is 9.90 Å². The van der Waals surface area contributed by atoms with E-state index in [4.69, 9.17) is 0 Å². The van der Waals surface area contributed by atoms with Crippen LogP contribution >= 0.6 is 0 Å². The largest absolute Gasteiger partial charge is 0.375 e. The highest BCUT2D eigenvalue weighted by Gasteiger charge is 2.55. The lowest BCUT2D eigenvalue weighted by atomic mass is 9.79. The number of fused-ring (bicyclic) bond motifs is 1. The van der Waals surface area contributed by atoms with Crippen molar-refractivity contribution in [2.24, 2.45) is 23.7 Å². The van der Waals surface area contributed by atoms with Gasteiger partial charge in [0.05, 0.1) is 0 Å². The molecule has 2 aliphatic carbocycles. The van der Waals surface area contributed by atoms with Crippen molar-refractivity contribution >= 4 is 5.91 Å². The number of carbonyl (C=O) groups excluding carboxylic acids is 1. The highest BCUT2D eigenvalue weighted by Crippen LogP contribution is 2.51. The van der Waals surface area contributed by atoms with Crippen LogP contribution in [0.25, 0.3) is 0 Å². The smallest absolute Gasteiger partial charge is 0.256 e. The maximum atomic E-state index is 13.3. The summed E-state index contributed by atoms with van der Waals surface area (Å²) in [6.07, 6.45) is 4.02. The predicted octanol–water partition coefficient (Wildman–Crippen LogP) is 3.87. The van der Waals surface area contributed by atoms with E-state index in [0.29, 0.717) is 24.3 Å². The Balaban J connectivity index is 1.16. The molecular weight excluding hydrogens is 384 g/mol. The van der Waals surface area contributed by atoms with Crippen LogP contribution in [0.5, 0.6) is 0 Å². The SMILES string of the molecule is Cc1ccc(CN2CC3[C@H](CNC(=O)[C@@](O)(c4ccccc4)C4CCCC4)[C@H]3C2)cc1. The highest BCUT2D eigenvalue weighted by atomic mass is 16.3. The summed E-state index contributed by atoms with van der Waals surface area (Å²) >= 11 is 0. The number of likely N-dealkylation sites (tertiary alicyclic amines) is 1. The number of nitrogens with one attached hydrogen (secondary N) is 1. The molecule has 3 fully saturated rings. The maximum absolute atomic E-state index is 13.3. The van der Waals surface area contributed by atoms with Crippen LogP contribution in [0.1, 0.15) is 42.4 Å². The summed E-state index contributed by atoms with van der Waals surface area (Å²) in [7, 11) is 0. The topological polar surface area (TPSA) is 52.6 Å². The first-order valence-corrected chi connectivity index (χ1v) is 11.9. The van der Waals surface area contributed by atoms with Gasteiger partial charge in [-0.2, -0.15) is 0 Å². The molecule has 1 heterocycles. The van der Waals surface area contributed by atoms with E-state index in [2.05, 4.69) is 41.4 Å². The van der Waals surface area contributed by atoms with Gasteiger partial charge >= 0.3 is 0 Å². The third-order valence-corrected chi connectivity index (χ3v) is 7.98. The standard InChI is InChI=1S/C27H34N2O2/c1-19-11-13-20(14-12-19)16-29-17-24-23(25(24)18-29)15-28-26(30)27(31,22-9-5-6-10-22)21-7-3-2-4-8-21/h2-4,7-8,11-14,22-25,31H,5-6,9-10,15-18H2,1H3,(H,28,30)/t23-,24-,25?,27-/m1/s1. The molecule has 2 aromatic carbocycles. The maximum Gasteiger partial charge on any atom is 0.256 e. The Kier molecular flexibility index (Phi) is 5.61. The molecule has 0 radical (unpaired) electrons. The van der Waals surface area contributed by atoms with Crippen LogP contribution in [0.15, 0.2) is 54.6 Å². The van der Waals surface area contributed by atoms with Gasteiger partial charge in [-0.25, -0.2) is 0 Å². The quantitative estimate of drug-likeness (QED) is 0.718. The molecule has 0 bridgehead atoms. The number of carbonyl (C=O) groups is 1. The third kappa shape index (κ3) is 4.04. The number of piperidine rings is 1. The van der Waals surface area contributed by atoms with E-state index in [0.717, 1.165) is 50.9 Å². The van der Waals surface area contributed by atoms with Gasteiger partial charge in [0.2, 0.25) is 0 Å². The normalized spacial score (nSPS) is 27.6. The predicted molar refractivity (Wildman–Crippen MR) is 122 cm³/mol. The van der Waals surface area contributed by atoms with E-state index in [9.17, 15) is 9.90 Å². The average molecular weight is 419 g/mol. The van der Waals surface area contributed by atoms with Gasteiger partial charge in [-0.1, -0.05) is 73.0 Å². The molecule has 1 saturated heterocycles. The summed E-state index contributed by atoms with van der Waals surface area (Å²) in [6.45, 7) is 6.06. The number of benzene rings is 2. The fourth-order valence-electron chi connectivity index (χ4n) is 6.05. The number of aryl methyl sites for hydroxylation is 1. The van der Waals surface area contributed by atoms with Gasteiger partial charge < -0.3 is 10.4 Å². The molecule has 1 amide bonds. The van der Waals surface area contributed by atoms with E-state index in [-0.39, 0.29) is 11.8 Å². The molecule has 4 nitrogen and oxygen atoms in total. The summed E-state index contributed by atoms with van der Waals surface area (Å²) in [6, 6.07) is 18.4. The molecule has 1 aliphatic heterocycles. The Morgan fingerprint density at radius 1 is 1.03 bits per heavy atom. The van der Waals surface area contributed by atoms with E-state index in [1.165, 1.54) is 11.1 Å². The first-order valence-electron chi connectivity index (χ1n) is 11.9. The average Bonchev–Trinajstić information content (AvgIpc) is 3.18. The minimum atomic E-state index is -1.40. The van der Waals surface area contributed by atoms with Crippen LogP contribution in [0.4, 0.5) is 0 Å². The molecule has 31 heavy (non-hydrogen) atoms. The van der Waals surface area contributed by atoms with Gasteiger partial charge in [0.25, 0.3) is 5.91 Å². The Morgan fingerprint density at radius 3 is 2.32 bits per heavy atom. The van der Waals surface area contributed by atoms with Crippen molar-refractivity contribution in [2.45, 2.75) is 44.8 Å². The van der Waals surface area contributed by atoms with Crippen molar-refractivity contribution in [3.63, 3.8) is 0 Å². The first-order chi connectivity index (χ1) is 15.1. The van der Waals surface area contributed by atoms with Crippen molar-refractivity contribution in [2.75, 3.05) is 19.6 Å². The van der Waals surface area contributed by atoms with Gasteiger partial charge in [0, 0.05) is 32.1 Å². The van der Waals surface area contributed by atoms with Crippen molar-refractivity contribution in [1.82, 2.24) is 10.2 Å². The molecule has 2 saturated carbocycles. The lowest BCUT2D eigenvalue weighted by Crippen LogP contribution is -2.49. The molecule has 2 aromatic rings. The number of hydrogen-bond acceptors (Lipinski definition) is 3. The first kappa shape index (κ1) is 20.7. The van der Waals surface area contributed by atoms with Gasteiger partial charge in [-0.05, 0) is 48.6 Å². The third-order valence-electron chi connectivity index (χ3n) is 7.98. The second-order valence-corrected chi connectivity index (χ2v) is 10.00. The van der Waals surface area contributed by atoms with E-state index in [1.807, 2.05) is 30.3 Å². The summed E-state index contributed by atoms with van der Waals surface area (Å²) in [5.41, 5.74) is 2.01. The number of hydrogen-bond donors (Lipinski definition) is 2. The molecule has 4 atom stereocenters. The molecule has 0 spiro atoms. The highest BCUT2D eigenvalue weighted by molar-refractivity contribution is 5.86. The summed E-state index contributed by atoms with van der Waals surface area (Å²) < 4.78 is 0. The van der Waals surface area contributed by atoms with Crippen LogP contribution in [0.2, 0.25) is 0 Å². The van der Waals surface area contributed by atoms with Crippen molar-refractivity contribution in [1.29, 1.82) is 0 Å². The van der Waals surface area contributed by atoms with Gasteiger partial charge in [-0.15, -0.1) is 0 Å². The zero-order valence-corrected chi connectivity index (χ0v) is 18.5. The van der Waals surface area contributed by atoms with Gasteiger partial charge in [0.15, 0.2) is 5.60 Å². The minimum absolute atomic E-state index is 0.0126. The molecule has 1 unspecified atom stereocenters. The molecule has 3 aliphatic rings. The molecule has 0 aromatic heterocycles. The van der Waals surface area contributed by atoms with E-state index >= 15 is 0 Å². The molecule has 2 N–H and O–H groups in total. The Labute approximate surface area is 185 Å². The lowest BCUT2D eigenvalue weighted by Gasteiger charge is -2.33. The number of rotatable bonds is 7.